The molecular formula is C35H41NO. The third-order valence-electron chi connectivity index (χ3n) is 8.61. The maximum atomic E-state index is 10.9. The van der Waals surface area contributed by atoms with E-state index in [1.165, 1.54) is 67.2 Å². The van der Waals surface area contributed by atoms with E-state index in [4.69, 9.17) is 0 Å². The number of nitrogens with zero attached hydrogens (tertiary/aromatic N) is 1. The van der Waals surface area contributed by atoms with E-state index in [9.17, 15) is 4.91 Å². The van der Waals surface area contributed by atoms with Crippen molar-refractivity contribution in [3.63, 3.8) is 0 Å². The van der Waals surface area contributed by atoms with Gasteiger partial charge in [0.15, 0.2) is 0 Å². The highest BCUT2D eigenvalue weighted by molar-refractivity contribution is 5.55. The van der Waals surface area contributed by atoms with E-state index < -0.39 is 0 Å². The van der Waals surface area contributed by atoms with Crippen LogP contribution in [0.3, 0.4) is 0 Å². The van der Waals surface area contributed by atoms with Gasteiger partial charge < -0.3 is 0 Å². The van der Waals surface area contributed by atoms with E-state index in [0.717, 1.165) is 12.8 Å². The number of hydrogen-bond donors (Lipinski definition) is 0. The Hall–Kier alpha value is -3.00. The average Bonchev–Trinajstić information content (AvgIpc) is 3.17. The van der Waals surface area contributed by atoms with Crippen LogP contribution in [0.1, 0.15) is 87.8 Å². The second kappa shape index (κ2) is 11.6. The van der Waals surface area contributed by atoms with Gasteiger partial charge in [0, 0.05) is 5.92 Å². The van der Waals surface area contributed by atoms with Crippen molar-refractivity contribution in [2.75, 3.05) is 0 Å². The van der Waals surface area contributed by atoms with Crippen LogP contribution in [-0.4, -0.2) is 0 Å². The Labute approximate surface area is 223 Å². The lowest BCUT2D eigenvalue weighted by Crippen LogP contribution is -2.10. The highest BCUT2D eigenvalue weighted by Gasteiger charge is 2.31. The van der Waals surface area contributed by atoms with Crippen molar-refractivity contribution in [3.05, 3.63) is 116 Å². The van der Waals surface area contributed by atoms with Crippen molar-refractivity contribution in [1.29, 1.82) is 0 Å². The second-order valence-corrected chi connectivity index (χ2v) is 11.9. The Kier molecular flexibility index (Phi) is 8.03. The molecule has 2 aromatic carbocycles. The fourth-order valence-electron chi connectivity index (χ4n) is 6.69. The second-order valence-electron chi connectivity index (χ2n) is 11.9. The number of aryl methyl sites for hydroxylation is 1. The first kappa shape index (κ1) is 25.6. The Bertz CT molecular complexity index is 1250. The van der Waals surface area contributed by atoms with Crippen molar-refractivity contribution in [2.24, 2.45) is 17.0 Å². The summed E-state index contributed by atoms with van der Waals surface area (Å²) < 4.78 is 0. The van der Waals surface area contributed by atoms with E-state index in [1.54, 1.807) is 22.3 Å². The van der Waals surface area contributed by atoms with Crippen molar-refractivity contribution in [2.45, 2.75) is 84.5 Å². The average molecular weight is 492 g/mol. The normalized spacial score (nSPS) is 23.6. The van der Waals surface area contributed by atoms with Gasteiger partial charge in [0.2, 0.25) is 0 Å². The highest BCUT2D eigenvalue weighted by atomic mass is 16.3. The van der Waals surface area contributed by atoms with Crippen LogP contribution in [0.5, 0.6) is 0 Å². The van der Waals surface area contributed by atoms with Gasteiger partial charge in [0.1, 0.15) is 5.69 Å². The van der Waals surface area contributed by atoms with Crippen LogP contribution < -0.4 is 0 Å². The lowest BCUT2D eigenvalue weighted by molar-refractivity contribution is 0.472. The molecule has 0 aromatic heterocycles. The highest BCUT2D eigenvalue weighted by Crippen LogP contribution is 2.47. The molecule has 0 radical (unpaired) electrons. The van der Waals surface area contributed by atoms with E-state index in [1.807, 2.05) is 12.1 Å². The molecule has 2 heteroatoms. The van der Waals surface area contributed by atoms with Gasteiger partial charge in [-0.3, -0.25) is 0 Å². The first-order valence-electron chi connectivity index (χ1n) is 14.2. The number of nitroso groups, excluding NO2 is 1. The molecule has 0 spiro atoms. The van der Waals surface area contributed by atoms with Gasteiger partial charge >= 0.3 is 0 Å². The summed E-state index contributed by atoms with van der Waals surface area (Å²) in [4.78, 5) is 10.9. The minimum absolute atomic E-state index is 0.465. The van der Waals surface area contributed by atoms with Crippen LogP contribution in [0.4, 0.5) is 5.69 Å². The number of fused-ring (bicyclic) bond motifs is 2. The Balaban J connectivity index is 1.48. The molecule has 0 bridgehead atoms. The SMILES string of the molecule is CC(C)=CC[C@H]1CC2=CCC(c3cccc(C)c3)C=C2C2=C(CCC[C@H](Cc3ccc(N=O)cc3)C2)C1. The fraction of sp³-hybridized carbons (Fsp3) is 0.429. The first-order chi connectivity index (χ1) is 18.0. The van der Waals surface area contributed by atoms with Crippen LogP contribution >= 0.6 is 0 Å². The number of allylic oxidation sites excluding steroid dienone is 8. The summed E-state index contributed by atoms with van der Waals surface area (Å²) in [5, 5.41) is 3.08. The molecule has 1 unspecified atom stereocenters. The van der Waals surface area contributed by atoms with E-state index in [2.05, 4.69) is 80.6 Å². The first-order valence-corrected chi connectivity index (χ1v) is 14.2. The predicted molar refractivity (Wildman–Crippen MR) is 156 cm³/mol. The molecule has 0 heterocycles. The molecule has 0 saturated carbocycles. The molecule has 0 amide bonds. The lowest BCUT2D eigenvalue weighted by Gasteiger charge is -2.26. The van der Waals surface area contributed by atoms with Crippen LogP contribution in [0.15, 0.2) is 99.8 Å². The van der Waals surface area contributed by atoms with Gasteiger partial charge in [-0.05, 0) is 136 Å². The van der Waals surface area contributed by atoms with Gasteiger partial charge in [-0.1, -0.05) is 71.3 Å². The molecule has 0 aliphatic heterocycles. The zero-order chi connectivity index (χ0) is 25.8. The zero-order valence-electron chi connectivity index (χ0n) is 22.8. The molecule has 3 aliphatic carbocycles. The van der Waals surface area contributed by atoms with Gasteiger partial charge in [-0.25, -0.2) is 0 Å². The smallest absolute Gasteiger partial charge is 0.108 e. The van der Waals surface area contributed by atoms with Crippen molar-refractivity contribution >= 4 is 5.69 Å². The summed E-state index contributed by atoms with van der Waals surface area (Å²) in [6, 6.07) is 17.0. The molecule has 0 saturated heterocycles. The van der Waals surface area contributed by atoms with Gasteiger partial charge in [-0.2, -0.15) is 0 Å². The topological polar surface area (TPSA) is 29.4 Å². The van der Waals surface area contributed by atoms with Crippen LogP contribution in [0, 0.1) is 23.7 Å². The maximum absolute atomic E-state index is 10.9. The number of rotatable bonds is 6. The lowest BCUT2D eigenvalue weighted by atomic mass is 9.79. The summed E-state index contributed by atoms with van der Waals surface area (Å²) in [6.07, 6.45) is 18.4. The monoisotopic (exact) mass is 491 g/mol. The zero-order valence-corrected chi connectivity index (χ0v) is 22.8. The minimum atomic E-state index is 0.465. The number of benzene rings is 2. The molecule has 2 aromatic rings. The third kappa shape index (κ3) is 6.29. The minimum Gasteiger partial charge on any atom is -0.145 e. The van der Waals surface area contributed by atoms with E-state index in [-0.39, 0.29) is 0 Å². The number of hydrogen-bond acceptors (Lipinski definition) is 2. The van der Waals surface area contributed by atoms with Crippen LogP contribution in [0.25, 0.3) is 0 Å². The summed E-state index contributed by atoms with van der Waals surface area (Å²) in [5.41, 5.74) is 12.6. The summed E-state index contributed by atoms with van der Waals surface area (Å²) in [5.74, 6) is 1.80. The molecule has 2 nitrogen and oxygen atoms in total. The molecule has 3 aliphatic rings. The molecule has 37 heavy (non-hydrogen) atoms. The molecule has 0 N–H and O–H groups in total. The summed E-state index contributed by atoms with van der Waals surface area (Å²) in [6.45, 7) is 6.66. The van der Waals surface area contributed by atoms with Crippen molar-refractivity contribution in [3.8, 4) is 0 Å². The maximum Gasteiger partial charge on any atom is 0.108 e. The predicted octanol–water partition coefficient (Wildman–Crippen LogP) is 10.2. The van der Waals surface area contributed by atoms with Gasteiger partial charge in [0.05, 0.1) is 0 Å². The van der Waals surface area contributed by atoms with E-state index >= 15 is 0 Å². The summed E-state index contributed by atoms with van der Waals surface area (Å²) >= 11 is 0. The van der Waals surface area contributed by atoms with Crippen molar-refractivity contribution in [1.82, 2.24) is 0 Å². The van der Waals surface area contributed by atoms with Crippen LogP contribution in [-0.2, 0) is 6.42 Å². The Morgan fingerprint density at radius 2 is 1.86 bits per heavy atom. The molecule has 192 valence electrons. The van der Waals surface area contributed by atoms with Crippen molar-refractivity contribution < 1.29 is 0 Å². The molecule has 5 rings (SSSR count). The third-order valence-corrected chi connectivity index (χ3v) is 8.61. The molecule has 0 fully saturated rings. The van der Waals surface area contributed by atoms with Crippen LogP contribution in [0.2, 0.25) is 0 Å². The Morgan fingerprint density at radius 3 is 2.62 bits per heavy atom. The van der Waals surface area contributed by atoms with E-state index in [0.29, 0.717) is 23.4 Å². The Morgan fingerprint density at radius 1 is 1.03 bits per heavy atom. The van der Waals surface area contributed by atoms with Gasteiger partial charge in [-0.15, -0.1) is 4.91 Å². The quantitative estimate of drug-likeness (QED) is 0.292. The standard InChI is InChI=1S/C35H41NO/c1-24(2)10-11-28-20-31-9-5-7-27(19-26-12-16-33(36-37)17-13-26)22-34(31)35-23-30(14-15-32(35)21-28)29-8-4-6-25(3)18-29/h4,6,8,10,12-13,15-18,23,27-28,30H,5,7,9,11,14,19-22H2,1-3H3/t27-,28-,30?/m1/s1. The molecular weight excluding hydrogens is 450 g/mol. The molecule has 3 atom stereocenters. The largest absolute Gasteiger partial charge is 0.145 e. The fourth-order valence-corrected chi connectivity index (χ4v) is 6.69. The van der Waals surface area contributed by atoms with Gasteiger partial charge in [0.25, 0.3) is 0 Å². The summed E-state index contributed by atoms with van der Waals surface area (Å²) in [7, 11) is 0.